The number of nitrogens with one attached hydrogen (secondary N) is 1. The lowest BCUT2D eigenvalue weighted by Crippen LogP contribution is -2.38. The first kappa shape index (κ1) is 13.0. The molecule has 0 spiro atoms. The molecule has 0 radical (unpaired) electrons. The van der Waals surface area contributed by atoms with E-state index in [1.807, 2.05) is 0 Å². The minimum absolute atomic E-state index is 0.0880. The second kappa shape index (κ2) is 4.26. The van der Waals surface area contributed by atoms with Crippen LogP contribution in [0.2, 0.25) is 0 Å². The van der Waals surface area contributed by atoms with E-state index in [1.54, 1.807) is 31.4 Å². The van der Waals surface area contributed by atoms with E-state index in [0.717, 1.165) is 5.39 Å². The van der Waals surface area contributed by atoms with Gasteiger partial charge in [0.15, 0.2) is 0 Å². The summed E-state index contributed by atoms with van der Waals surface area (Å²) in [6.45, 7) is 0. The summed E-state index contributed by atoms with van der Waals surface area (Å²) in [6.07, 6.45) is -2.59. The fourth-order valence-electron chi connectivity index (χ4n) is 2.21. The fourth-order valence-corrected chi connectivity index (χ4v) is 2.21. The predicted molar refractivity (Wildman–Crippen MR) is 69.9 cm³/mol. The number of hydrogen-bond acceptors (Lipinski definition) is 3. The number of methoxy groups -OCH3 is 1. The highest BCUT2D eigenvalue weighted by atomic mass is 19.4. The number of nitrogens with zero attached hydrogens (tertiary/aromatic N) is 1. The van der Waals surface area contributed by atoms with Gasteiger partial charge in [-0.2, -0.15) is 13.2 Å². The van der Waals surface area contributed by atoms with E-state index in [4.69, 9.17) is 4.74 Å². The highest BCUT2D eigenvalue weighted by molar-refractivity contribution is 5.93. The van der Waals surface area contributed by atoms with E-state index in [1.165, 1.54) is 6.20 Å². The van der Waals surface area contributed by atoms with Crippen LogP contribution in [0.4, 0.5) is 19.0 Å². The van der Waals surface area contributed by atoms with Crippen LogP contribution in [-0.4, -0.2) is 23.8 Å². The van der Waals surface area contributed by atoms with Crippen LogP contribution in [0.15, 0.2) is 30.5 Å². The maximum absolute atomic E-state index is 13.0. The predicted octanol–water partition coefficient (Wildman–Crippen LogP) is 3.75. The first-order valence-corrected chi connectivity index (χ1v) is 6.23. The molecule has 0 saturated heterocycles. The van der Waals surface area contributed by atoms with Gasteiger partial charge in [0.25, 0.3) is 0 Å². The average molecular weight is 282 g/mol. The third-order valence-corrected chi connectivity index (χ3v) is 3.62. The normalized spacial score (nSPS) is 17.0. The molecule has 1 fully saturated rings. The largest absolute Gasteiger partial charge is 0.497 e. The van der Waals surface area contributed by atoms with Crippen molar-refractivity contribution < 1.29 is 17.9 Å². The third kappa shape index (κ3) is 2.05. The summed E-state index contributed by atoms with van der Waals surface area (Å²) in [7, 11) is 1.55. The van der Waals surface area contributed by atoms with Crippen LogP contribution in [0.25, 0.3) is 10.8 Å². The Kier molecular flexibility index (Phi) is 2.77. The molecule has 0 amide bonds. The molecule has 1 aromatic carbocycles. The number of rotatable bonds is 3. The molecule has 20 heavy (non-hydrogen) atoms. The zero-order valence-electron chi connectivity index (χ0n) is 10.8. The number of hydrogen-bond donors (Lipinski definition) is 1. The van der Waals surface area contributed by atoms with Gasteiger partial charge in [-0.1, -0.05) is 0 Å². The van der Waals surface area contributed by atoms with E-state index in [0.29, 0.717) is 11.1 Å². The van der Waals surface area contributed by atoms with Gasteiger partial charge in [-0.15, -0.1) is 0 Å². The first-order valence-electron chi connectivity index (χ1n) is 6.23. The molecule has 106 valence electrons. The zero-order chi connectivity index (χ0) is 14.4. The van der Waals surface area contributed by atoms with E-state index in [9.17, 15) is 13.2 Å². The zero-order valence-corrected chi connectivity index (χ0v) is 10.8. The molecule has 0 aliphatic heterocycles. The lowest BCUT2D eigenvalue weighted by Gasteiger charge is -2.22. The minimum atomic E-state index is -4.26. The van der Waals surface area contributed by atoms with Crippen molar-refractivity contribution in [1.29, 1.82) is 0 Å². The Balaban J connectivity index is 2.01. The molecule has 1 aliphatic rings. The minimum Gasteiger partial charge on any atom is -0.497 e. The van der Waals surface area contributed by atoms with Gasteiger partial charge in [0.1, 0.15) is 17.1 Å². The number of alkyl halides is 3. The van der Waals surface area contributed by atoms with Crippen LogP contribution in [0.1, 0.15) is 12.8 Å². The highest BCUT2D eigenvalue weighted by Crippen LogP contribution is 2.51. The molecule has 2 aromatic rings. The van der Waals surface area contributed by atoms with Gasteiger partial charge in [0.05, 0.1) is 7.11 Å². The Morgan fingerprint density at radius 3 is 2.60 bits per heavy atom. The van der Waals surface area contributed by atoms with E-state index in [-0.39, 0.29) is 18.7 Å². The van der Waals surface area contributed by atoms with Crippen LogP contribution < -0.4 is 10.1 Å². The maximum Gasteiger partial charge on any atom is 0.411 e. The van der Waals surface area contributed by atoms with Gasteiger partial charge in [-0.3, -0.25) is 0 Å². The SMILES string of the molecule is COc1ccc2c(NC3(C(F)(F)F)CC3)nccc2c1. The number of anilines is 1. The summed E-state index contributed by atoms with van der Waals surface area (Å²) in [5.74, 6) is 0.923. The number of aromatic nitrogens is 1. The van der Waals surface area contributed by atoms with Crippen molar-refractivity contribution in [2.24, 2.45) is 0 Å². The van der Waals surface area contributed by atoms with E-state index in [2.05, 4.69) is 10.3 Å². The maximum atomic E-state index is 13.0. The highest BCUT2D eigenvalue weighted by Gasteiger charge is 2.63. The Hall–Kier alpha value is -1.98. The summed E-state index contributed by atoms with van der Waals surface area (Å²) < 4.78 is 44.1. The molecule has 3 nitrogen and oxygen atoms in total. The van der Waals surface area contributed by atoms with Crippen molar-refractivity contribution >= 4 is 16.6 Å². The molecular weight excluding hydrogens is 269 g/mol. The van der Waals surface area contributed by atoms with Gasteiger partial charge in [-0.25, -0.2) is 4.98 Å². The molecule has 0 atom stereocenters. The van der Waals surface area contributed by atoms with Crippen molar-refractivity contribution in [2.45, 2.75) is 24.6 Å². The molecule has 0 unspecified atom stereocenters. The molecule has 3 rings (SSSR count). The van der Waals surface area contributed by atoms with Crippen LogP contribution in [0.5, 0.6) is 5.75 Å². The molecular formula is C14H13F3N2O. The fraction of sp³-hybridized carbons (Fsp3) is 0.357. The summed E-state index contributed by atoms with van der Waals surface area (Å²) >= 11 is 0. The Bertz CT molecular complexity index is 650. The number of ether oxygens (including phenoxy) is 1. The summed E-state index contributed by atoms with van der Waals surface area (Å²) in [4.78, 5) is 4.05. The summed E-state index contributed by atoms with van der Waals surface area (Å²) in [5.41, 5.74) is -1.81. The van der Waals surface area contributed by atoms with Crippen LogP contribution in [0.3, 0.4) is 0 Å². The van der Waals surface area contributed by atoms with Crippen molar-refractivity contribution in [2.75, 3.05) is 12.4 Å². The van der Waals surface area contributed by atoms with E-state index < -0.39 is 11.7 Å². The Morgan fingerprint density at radius 2 is 2.00 bits per heavy atom. The Labute approximate surface area is 113 Å². The molecule has 1 N–H and O–H groups in total. The first-order chi connectivity index (χ1) is 9.45. The Morgan fingerprint density at radius 1 is 1.25 bits per heavy atom. The van der Waals surface area contributed by atoms with Gasteiger partial charge < -0.3 is 10.1 Å². The second-order valence-electron chi connectivity index (χ2n) is 4.95. The summed E-state index contributed by atoms with van der Waals surface area (Å²) in [6, 6.07) is 6.95. The number of benzene rings is 1. The lowest BCUT2D eigenvalue weighted by atomic mass is 10.1. The van der Waals surface area contributed by atoms with Gasteiger partial charge in [0, 0.05) is 11.6 Å². The van der Waals surface area contributed by atoms with Crippen LogP contribution in [-0.2, 0) is 0 Å². The molecule has 1 aromatic heterocycles. The van der Waals surface area contributed by atoms with Crippen molar-refractivity contribution in [3.05, 3.63) is 30.5 Å². The summed E-state index contributed by atoms with van der Waals surface area (Å²) in [5, 5.41) is 4.02. The smallest absolute Gasteiger partial charge is 0.411 e. The van der Waals surface area contributed by atoms with Crippen LogP contribution in [0, 0.1) is 0 Å². The number of halogens is 3. The van der Waals surface area contributed by atoms with Crippen molar-refractivity contribution in [1.82, 2.24) is 4.98 Å². The van der Waals surface area contributed by atoms with Crippen molar-refractivity contribution in [3.63, 3.8) is 0 Å². The average Bonchev–Trinajstić information content (AvgIpc) is 3.19. The second-order valence-corrected chi connectivity index (χ2v) is 4.95. The molecule has 1 heterocycles. The number of pyridine rings is 1. The number of fused-ring (bicyclic) bond motifs is 1. The topological polar surface area (TPSA) is 34.1 Å². The quantitative estimate of drug-likeness (QED) is 0.931. The van der Waals surface area contributed by atoms with E-state index >= 15 is 0 Å². The third-order valence-electron chi connectivity index (χ3n) is 3.62. The molecule has 0 bridgehead atoms. The lowest BCUT2D eigenvalue weighted by molar-refractivity contribution is -0.151. The molecule has 1 saturated carbocycles. The monoisotopic (exact) mass is 282 g/mol. The van der Waals surface area contributed by atoms with Gasteiger partial charge in [0.2, 0.25) is 0 Å². The van der Waals surface area contributed by atoms with Gasteiger partial charge in [-0.05, 0) is 42.5 Å². The standard InChI is InChI=1S/C14H13F3N2O/c1-20-10-2-3-11-9(8-10)4-7-18-12(11)19-13(5-6-13)14(15,16)17/h2-4,7-8H,5-6H2,1H3,(H,18,19). The molecule has 1 aliphatic carbocycles. The van der Waals surface area contributed by atoms with Gasteiger partial charge >= 0.3 is 6.18 Å². The van der Waals surface area contributed by atoms with Crippen molar-refractivity contribution in [3.8, 4) is 5.75 Å². The van der Waals surface area contributed by atoms with Crippen LogP contribution >= 0.6 is 0 Å². The molecule has 6 heteroatoms.